The number of para-hydroxylation sites is 1. The third kappa shape index (κ3) is 2.21. The van der Waals surface area contributed by atoms with Crippen molar-refractivity contribution in [3.63, 3.8) is 0 Å². The van der Waals surface area contributed by atoms with Crippen molar-refractivity contribution in [3.05, 3.63) is 66.2 Å². The Kier molecular flexibility index (Phi) is 3.52. The molecule has 1 aliphatic heterocycles. The molecule has 1 fully saturated rings. The zero-order valence-corrected chi connectivity index (χ0v) is 11.3. The molecule has 1 saturated heterocycles. The monoisotopic (exact) mass is 266 g/mol. The van der Waals surface area contributed by atoms with Crippen LogP contribution in [0.25, 0.3) is 0 Å². The summed E-state index contributed by atoms with van der Waals surface area (Å²) in [5.41, 5.74) is 2.01. The summed E-state index contributed by atoms with van der Waals surface area (Å²) < 4.78 is 0. The van der Waals surface area contributed by atoms with Crippen molar-refractivity contribution < 1.29 is 9.63 Å². The van der Waals surface area contributed by atoms with E-state index in [1.807, 2.05) is 72.7 Å². The Bertz CT molecular complexity index is 570. The van der Waals surface area contributed by atoms with Crippen LogP contribution in [0.5, 0.6) is 0 Å². The van der Waals surface area contributed by atoms with Gasteiger partial charge in [-0.2, -0.15) is 0 Å². The highest BCUT2D eigenvalue weighted by atomic mass is 16.7. The molecule has 2 aromatic rings. The second-order valence-corrected chi connectivity index (χ2v) is 4.97. The van der Waals surface area contributed by atoms with E-state index in [-0.39, 0.29) is 18.1 Å². The van der Waals surface area contributed by atoms with Crippen LogP contribution in [0.3, 0.4) is 0 Å². The second-order valence-electron chi connectivity index (χ2n) is 4.97. The predicted molar refractivity (Wildman–Crippen MR) is 77.8 cm³/mol. The molecule has 1 heterocycles. The summed E-state index contributed by atoms with van der Waals surface area (Å²) in [6.07, 6.45) is 1.96. The Morgan fingerprint density at radius 2 is 1.60 bits per heavy atom. The van der Waals surface area contributed by atoms with E-state index in [9.17, 15) is 4.79 Å². The van der Waals surface area contributed by atoms with Gasteiger partial charge in [0, 0.05) is 0 Å². The average Bonchev–Trinajstić information content (AvgIpc) is 2.85. The lowest BCUT2D eigenvalue weighted by Crippen LogP contribution is -2.24. The molecule has 0 amide bonds. The molecule has 0 bridgehead atoms. The van der Waals surface area contributed by atoms with Crippen LogP contribution in [0.4, 0.5) is 5.69 Å². The molecule has 0 aliphatic carbocycles. The Labute approximate surface area is 118 Å². The first kappa shape index (κ1) is 12.9. The van der Waals surface area contributed by atoms with Crippen LogP contribution in [-0.4, -0.2) is 12.4 Å². The Morgan fingerprint density at radius 1 is 1.00 bits per heavy atom. The van der Waals surface area contributed by atoms with Crippen LogP contribution in [-0.2, 0) is 9.63 Å². The molecule has 0 saturated carbocycles. The average molecular weight is 266 g/mol. The summed E-state index contributed by atoms with van der Waals surface area (Å²) in [6.45, 7) is 1.91. The van der Waals surface area contributed by atoms with E-state index >= 15 is 0 Å². The van der Waals surface area contributed by atoms with E-state index in [1.165, 1.54) is 0 Å². The van der Waals surface area contributed by atoms with Gasteiger partial charge in [-0.25, -0.2) is 5.06 Å². The van der Waals surface area contributed by atoms with Crippen LogP contribution < -0.4 is 5.06 Å². The summed E-state index contributed by atoms with van der Waals surface area (Å²) >= 11 is 0. The van der Waals surface area contributed by atoms with Gasteiger partial charge in [-0.3, -0.25) is 11.1 Å². The van der Waals surface area contributed by atoms with E-state index in [2.05, 4.69) is 6.29 Å². The standard InChI is InChI=1S/C17H16NO2/c1-13-16(12-19)17(14-8-4-2-5-9-14)18(20-13)15-10-6-3-7-11-15/h2-11,13,16-17H,1H3/q-1/t13-,16-,17+/m0/s1. The second kappa shape index (κ2) is 5.47. The van der Waals surface area contributed by atoms with Crippen molar-refractivity contribution in [3.8, 4) is 0 Å². The van der Waals surface area contributed by atoms with E-state index in [0.29, 0.717) is 0 Å². The predicted octanol–water partition coefficient (Wildman–Crippen LogP) is 3.29. The number of hydrogen-bond acceptors (Lipinski definition) is 3. The van der Waals surface area contributed by atoms with Gasteiger partial charge in [0.2, 0.25) is 0 Å². The molecule has 0 spiro atoms. The van der Waals surface area contributed by atoms with E-state index in [4.69, 9.17) is 4.84 Å². The Hall–Kier alpha value is -2.13. The van der Waals surface area contributed by atoms with Crippen molar-refractivity contribution in [2.24, 2.45) is 5.92 Å². The summed E-state index contributed by atoms with van der Waals surface area (Å²) in [6, 6.07) is 19.7. The highest BCUT2D eigenvalue weighted by Crippen LogP contribution is 2.41. The zero-order chi connectivity index (χ0) is 13.9. The van der Waals surface area contributed by atoms with E-state index in [0.717, 1.165) is 11.3 Å². The minimum Gasteiger partial charge on any atom is -0.541 e. The largest absolute Gasteiger partial charge is 0.541 e. The number of carbonyl (C=O) groups excluding carboxylic acids is 1. The molecule has 2 aromatic carbocycles. The smallest absolute Gasteiger partial charge is 0.0643 e. The van der Waals surface area contributed by atoms with Crippen LogP contribution in [0.15, 0.2) is 60.7 Å². The summed E-state index contributed by atoms with van der Waals surface area (Å²) in [4.78, 5) is 17.2. The number of nitrogens with zero attached hydrogens (tertiary/aromatic N) is 1. The minimum atomic E-state index is -0.294. The Balaban J connectivity index is 2.03. The van der Waals surface area contributed by atoms with Gasteiger partial charge in [-0.05, 0) is 24.6 Å². The molecule has 0 aromatic heterocycles. The van der Waals surface area contributed by atoms with Gasteiger partial charge in [0.15, 0.2) is 0 Å². The zero-order valence-electron chi connectivity index (χ0n) is 11.3. The van der Waals surface area contributed by atoms with Crippen molar-refractivity contribution in [1.82, 2.24) is 0 Å². The molecule has 0 unspecified atom stereocenters. The fraction of sp³-hybridized carbons (Fsp3) is 0.235. The van der Waals surface area contributed by atoms with Gasteiger partial charge in [0.1, 0.15) is 0 Å². The normalized spacial score (nSPS) is 25.6. The lowest BCUT2D eigenvalue weighted by atomic mass is 9.91. The summed E-state index contributed by atoms with van der Waals surface area (Å²) in [5.74, 6) is -0.294. The topological polar surface area (TPSA) is 29.5 Å². The van der Waals surface area contributed by atoms with Crippen LogP contribution >= 0.6 is 0 Å². The molecule has 3 atom stereocenters. The van der Waals surface area contributed by atoms with Crippen LogP contribution in [0.2, 0.25) is 0 Å². The van der Waals surface area contributed by atoms with Gasteiger partial charge in [0.05, 0.1) is 17.8 Å². The maximum absolute atomic E-state index is 11.3. The number of benzene rings is 2. The van der Waals surface area contributed by atoms with Gasteiger partial charge in [-0.1, -0.05) is 54.4 Å². The molecule has 20 heavy (non-hydrogen) atoms. The SMILES string of the molecule is C[C@@H]1ON(c2ccccc2)[C@H](c2ccccc2)[C@H]1[C-]=O. The fourth-order valence-corrected chi connectivity index (χ4v) is 2.66. The molecule has 3 nitrogen and oxygen atoms in total. The van der Waals surface area contributed by atoms with Crippen molar-refractivity contribution in [2.45, 2.75) is 19.1 Å². The number of anilines is 1. The highest BCUT2D eigenvalue weighted by molar-refractivity contribution is 5.62. The van der Waals surface area contributed by atoms with E-state index in [1.54, 1.807) is 0 Å². The lowest BCUT2D eigenvalue weighted by molar-refractivity contribution is 0.0899. The minimum absolute atomic E-state index is 0.133. The first-order valence-electron chi connectivity index (χ1n) is 6.75. The number of hydroxylamine groups is 1. The van der Waals surface area contributed by atoms with Gasteiger partial charge in [-0.15, -0.1) is 0 Å². The van der Waals surface area contributed by atoms with Crippen LogP contribution in [0.1, 0.15) is 18.5 Å². The first-order valence-corrected chi connectivity index (χ1v) is 6.75. The van der Waals surface area contributed by atoms with E-state index < -0.39 is 0 Å². The molecule has 3 rings (SSSR count). The number of hydrogen-bond donors (Lipinski definition) is 0. The molecule has 102 valence electrons. The molecule has 3 heteroatoms. The van der Waals surface area contributed by atoms with Gasteiger partial charge in [0.25, 0.3) is 0 Å². The quantitative estimate of drug-likeness (QED) is 0.798. The number of rotatable bonds is 3. The fourth-order valence-electron chi connectivity index (χ4n) is 2.66. The third-order valence-corrected chi connectivity index (χ3v) is 3.67. The molecule has 0 N–H and O–H groups in total. The van der Waals surface area contributed by atoms with Gasteiger partial charge < -0.3 is 4.79 Å². The molecule has 1 aliphatic rings. The molecule has 0 radical (unpaired) electrons. The summed E-state index contributed by atoms with van der Waals surface area (Å²) in [5, 5.41) is 1.83. The Morgan fingerprint density at radius 3 is 2.20 bits per heavy atom. The third-order valence-electron chi connectivity index (χ3n) is 3.67. The van der Waals surface area contributed by atoms with Gasteiger partial charge >= 0.3 is 0 Å². The summed E-state index contributed by atoms with van der Waals surface area (Å²) in [7, 11) is 0. The van der Waals surface area contributed by atoms with Crippen LogP contribution in [0, 0.1) is 5.92 Å². The lowest BCUT2D eigenvalue weighted by Gasteiger charge is -2.29. The maximum Gasteiger partial charge on any atom is 0.0643 e. The van der Waals surface area contributed by atoms with Crippen molar-refractivity contribution >= 4 is 12.0 Å². The molecular weight excluding hydrogens is 250 g/mol. The van der Waals surface area contributed by atoms with Crippen molar-refractivity contribution in [1.29, 1.82) is 0 Å². The van der Waals surface area contributed by atoms with Crippen molar-refractivity contribution in [2.75, 3.05) is 5.06 Å². The maximum atomic E-state index is 11.3. The molecular formula is C17H16NO2-. The first-order chi connectivity index (χ1) is 9.81. The highest BCUT2D eigenvalue weighted by Gasteiger charge is 2.36.